The molecular weight excluding hydrogens is 373 g/mol. The van der Waals surface area contributed by atoms with Gasteiger partial charge in [-0.3, -0.25) is 0 Å². The topological polar surface area (TPSA) is 71.7 Å². The fourth-order valence-corrected chi connectivity index (χ4v) is 3.40. The number of halogens is 3. The first-order valence-corrected chi connectivity index (χ1v) is 9.03. The van der Waals surface area contributed by atoms with E-state index in [1.54, 1.807) is 10.7 Å². The van der Waals surface area contributed by atoms with Crippen molar-refractivity contribution in [2.45, 2.75) is 44.2 Å². The Morgan fingerprint density at radius 3 is 2.43 bits per heavy atom. The van der Waals surface area contributed by atoms with Crippen molar-refractivity contribution in [3.05, 3.63) is 42.6 Å². The van der Waals surface area contributed by atoms with Crippen LogP contribution in [0.2, 0.25) is 0 Å². The highest BCUT2D eigenvalue weighted by molar-refractivity contribution is 5.64. The number of hydrogen-bond acceptors (Lipinski definition) is 5. The number of aliphatic hydroxyl groups excluding tert-OH is 1. The van der Waals surface area contributed by atoms with E-state index in [4.69, 9.17) is 0 Å². The summed E-state index contributed by atoms with van der Waals surface area (Å²) in [6, 6.07) is 9.52. The number of rotatable bonds is 4. The highest BCUT2D eigenvalue weighted by Gasteiger charge is 2.31. The minimum absolute atomic E-state index is 0.224. The molecule has 3 aromatic rings. The zero-order valence-corrected chi connectivity index (χ0v) is 14.9. The molecule has 1 fully saturated rings. The SMILES string of the molecule is OC1CCC(Nc2ccc3ncc(-c4ccc(OC(F)(F)F)cc4)n3n2)CC1. The summed E-state index contributed by atoms with van der Waals surface area (Å²) in [4.78, 5) is 4.30. The van der Waals surface area contributed by atoms with Crippen molar-refractivity contribution in [2.24, 2.45) is 0 Å². The van der Waals surface area contributed by atoms with Crippen LogP contribution in [0.15, 0.2) is 42.6 Å². The number of alkyl halides is 3. The molecule has 0 bridgehead atoms. The van der Waals surface area contributed by atoms with Gasteiger partial charge in [0.15, 0.2) is 5.65 Å². The summed E-state index contributed by atoms with van der Waals surface area (Å²) < 4.78 is 42.5. The average Bonchev–Trinajstić information content (AvgIpc) is 3.06. The maximum Gasteiger partial charge on any atom is 0.573 e. The fourth-order valence-electron chi connectivity index (χ4n) is 3.40. The monoisotopic (exact) mass is 392 g/mol. The number of anilines is 1. The molecule has 9 heteroatoms. The summed E-state index contributed by atoms with van der Waals surface area (Å²) in [5.41, 5.74) is 1.97. The van der Waals surface area contributed by atoms with Gasteiger partial charge in [-0.15, -0.1) is 18.3 Å². The van der Waals surface area contributed by atoms with Crippen molar-refractivity contribution < 1.29 is 23.0 Å². The van der Waals surface area contributed by atoms with Crippen LogP contribution in [0.5, 0.6) is 5.75 Å². The number of ether oxygens (including phenoxy) is 1. The van der Waals surface area contributed by atoms with Crippen molar-refractivity contribution in [1.29, 1.82) is 0 Å². The lowest BCUT2D eigenvalue weighted by Gasteiger charge is -2.26. The van der Waals surface area contributed by atoms with Gasteiger partial charge >= 0.3 is 6.36 Å². The lowest BCUT2D eigenvalue weighted by Crippen LogP contribution is -2.28. The molecule has 1 aliphatic carbocycles. The fraction of sp³-hybridized carbons (Fsp3) is 0.368. The minimum atomic E-state index is -4.72. The third-order valence-electron chi connectivity index (χ3n) is 4.79. The molecule has 1 saturated carbocycles. The molecule has 0 saturated heterocycles. The first-order chi connectivity index (χ1) is 13.4. The van der Waals surface area contributed by atoms with Crippen LogP contribution in [0.25, 0.3) is 16.9 Å². The van der Waals surface area contributed by atoms with Gasteiger partial charge in [0.1, 0.15) is 11.6 Å². The van der Waals surface area contributed by atoms with E-state index in [9.17, 15) is 18.3 Å². The van der Waals surface area contributed by atoms with Gasteiger partial charge in [0.25, 0.3) is 0 Å². The number of hydrogen-bond donors (Lipinski definition) is 2. The van der Waals surface area contributed by atoms with Gasteiger partial charge in [0, 0.05) is 11.6 Å². The summed E-state index contributed by atoms with van der Waals surface area (Å²) in [7, 11) is 0. The van der Waals surface area contributed by atoms with Crippen LogP contribution in [0.3, 0.4) is 0 Å². The molecule has 0 radical (unpaired) electrons. The Hall–Kier alpha value is -2.81. The Labute approximate surface area is 159 Å². The van der Waals surface area contributed by atoms with Crippen LogP contribution >= 0.6 is 0 Å². The second-order valence-electron chi connectivity index (χ2n) is 6.85. The summed E-state index contributed by atoms with van der Waals surface area (Å²) in [6.07, 6.45) is -0.0369. The lowest BCUT2D eigenvalue weighted by molar-refractivity contribution is -0.274. The maximum absolute atomic E-state index is 12.3. The van der Waals surface area contributed by atoms with Crippen LogP contribution in [0.1, 0.15) is 25.7 Å². The average molecular weight is 392 g/mol. The first-order valence-electron chi connectivity index (χ1n) is 9.03. The Morgan fingerprint density at radius 1 is 1.04 bits per heavy atom. The molecule has 2 heterocycles. The summed E-state index contributed by atoms with van der Waals surface area (Å²) in [5, 5.41) is 17.6. The van der Waals surface area contributed by atoms with Crippen molar-refractivity contribution >= 4 is 11.5 Å². The van der Waals surface area contributed by atoms with Crippen LogP contribution in [-0.4, -0.2) is 38.2 Å². The summed E-state index contributed by atoms with van der Waals surface area (Å²) >= 11 is 0. The Bertz CT molecular complexity index is 948. The largest absolute Gasteiger partial charge is 0.573 e. The standard InChI is InChI=1S/C19H19F3N4O2/c20-19(21,22)28-15-7-1-12(2-8-15)16-11-23-18-10-9-17(25-26(16)18)24-13-3-5-14(27)6-4-13/h1-2,7-11,13-14,27H,3-6H2,(H,24,25). The molecule has 0 aliphatic heterocycles. The first kappa shape index (κ1) is 18.5. The third kappa shape index (κ3) is 4.19. The number of benzene rings is 1. The molecule has 148 valence electrons. The number of aromatic nitrogens is 3. The van der Waals surface area contributed by atoms with Crippen LogP contribution in [-0.2, 0) is 0 Å². The molecule has 0 atom stereocenters. The van der Waals surface area contributed by atoms with Gasteiger partial charge in [0.05, 0.1) is 18.0 Å². The quantitative estimate of drug-likeness (QED) is 0.702. The van der Waals surface area contributed by atoms with Crippen molar-refractivity contribution in [3.63, 3.8) is 0 Å². The summed E-state index contributed by atoms with van der Waals surface area (Å²) in [6.45, 7) is 0. The number of aliphatic hydroxyl groups is 1. The maximum atomic E-state index is 12.3. The van der Waals surface area contributed by atoms with E-state index in [1.165, 1.54) is 24.3 Å². The molecule has 2 aromatic heterocycles. The third-order valence-corrected chi connectivity index (χ3v) is 4.79. The van der Waals surface area contributed by atoms with E-state index >= 15 is 0 Å². The lowest BCUT2D eigenvalue weighted by atomic mass is 9.93. The van der Waals surface area contributed by atoms with Crippen molar-refractivity contribution in [2.75, 3.05) is 5.32 Å². The van der Waals surface area contributed by atoms with Gasteiger partial charge in [-0.1, -0.05) is 0 Å². The van der Waals surface area contributed by atoms with Gasteiger partial charge in [-0.05, 0) is 62.1 Å². The second-order valence-corrected chi connectivity index (χ2v) is 6.85. The van der Waals surface area contributed by atoms with Crippen LogP contribution < -0.4 is 10.1 Å². The molecule has 0 spiro atoms. The van der Waals surface area contributed by atoms with E-state index in [-0.39, 0.29) is 17.9 Å². The predicted molar refractivity (Wildman–Crippen MR) is 97.0 cm³/mol. The van der Waals surface area contributed by atoms with Crippen molar-refractivity contribution in [1.82, 2.24) is 14.6 Å². The molecule has 1 aromatic carbocycles. The highest BCUT2D eigenvalue weighted by Crippen LogP contribution is 2.27. The molecule has 4 rings (SSSR count). The van der Waals surface area contributed by atoms with Gasteiger partial charge in [0.2, 0.25) is 0 Å². The zero-order valence-electron chi connectivity index (χ0n) is 14.9. The molecule has 0 amide bonds. The normalized spacial score (nSPS) is 20.3. The van der Waals surface area contributed by atoms with Crippen LogP contribution in [0.4, 0.5) is 19.0 Å². The van der Waals surface area contributed by atoms with E-state index < -0.39 is 6.36 Å². The van der Waals surface area contributed by atoms with E-state index in [0.717, 1.165) is 25.7 Å². The van der Waals surface area contributed by atoms with Crippen LogP contribution in [0, 0.1) is 0 Å². The molecule has 1 aliphatic rings. The molecule has 2 N–H and O–H groups in total. The van der Waals surface area contributed by atoms with Gasteiger partial charge < -0.3 is 15.2 Å². The van der Waals surface area contributed by atoms with Gasteiger partial charge in [-0.25, -0.2) is 9.50 Å². The Morgan fingerprint density at radius 2 is 1.75 bits per heavy atom. The number of imidazole rings is 1. The highest BCUT2D eigenvalue weighted by atomic mass is 19.4. The molecule has 0 unspecified atom stereocenters. The number of nitrogens with zero attached hydrogens (tertiary/aromatic N) is 3. The number of fused-ring (bicyclic) bond motifs is 1. The van der Waals surface area contributed by atoms with Gasteiger partial charge in [-0.2, -0.15) is 0 Å². The Kier molecular flexibility index (Phi) is 4.84. The van der Waals surface area contributed by atoms with E-state index in [2.05, 4.69) is 20.1 Å². The number of nitrogens with one attached hydrogen (secondary N) is 1. The van der Waals surface area contributed by atoms with Crippen molar-refractivity contribution in [3.8, 4) is 17.0 Å². The smallest absolute Gasteiger partial charge is 0.406 e. The minimum Gasteiger partial charge on any atom is -0.406 e. The molecule has 28 heavy (non-hydrogen) atoms. The molecule has 6 nitrogen and oxygen atoms in total. The predicted octanol–water partition coefficient (Wildman–Crippen LogP) is 4.01. The second kappa shape index (κ2) is 7.31. The Balaban J connectivity index is 1.56. The van der Waals surface area contributed by atoms with E-state index in [0.29, 0.717) is 22.7 Å². The van der Waals surface area contributed by atoms with E-state index in [1.807, 2.05) is 12.1 Å². The zero-order chi connectivity index (χ0) is 19.7. The molecular formula is C19H19F3N4O2. The summed E-state index contributed by atoms with van der Waals surface area (Å²) in [5.74, 6) is 0.407.